The van der Waals surface area contributed by atoms with Crippen LogP contribution in [0.4, 0.5) is 0 Å². The van der Waals surface area contributed by atoms with Gasteiger partial charge in [-0.25, -0.2) is 4.79 Å². The molecule has 0 fully saturated rings. The number of carbonyl (C=O) groups excluding carboxylic acids is 1. The second-order valence-corrected chi connectivity index (χ2v) is 3.64. The third-order valence-electron chi connectivity index (χ3n) is 2.05. The lowest BCUT2D eigenvalue weighted by atomic mass is 10.0. The molecule has 1 aliphatic heterocycles. The monoisotopic (exact) mass is 226 g/mol. The fraction of sp³-hybridized carbons (Fsp3) is 0.222. The van der Waals surface area contributed by atoms with E-state index < -0.39 is 0 Å². The van der Waals surface area contributed by atoms with Crippen molar-refractivity contribution >= 4 is 21.9 Å². The molecule has 0 N–H and O–H groups in total. The van der Waals surface area contributed by atoms with Crippen LogP contribution in [0.25, 0.3) is 0 Å². The van der Waals surface area contributed by atoms with Crippen LogP contribution in [-0.2, 0) is 11.3 Å². The van der Waals surface area contributed by atoms with Crippen molar-refractivity contribution in [3.63, 3.8) is 0 Å². The molecule has 2 nitrogen and oxygen atoms in total. The number of rotatable bonds is 0. The molecule has 2 rings (SSSR count). The molecular formula is C9H7BrO2. The molecule has 0 atom stereocenters. The molecule has 1 aliphatic rings. The van der Waals surface area contributed by atoms with Crippen molar-refractivity contribution in [2.75, 3.05) is 0 Å². The predicted octanol–water partition coefficient (Wildman–Crippen LogP) is 2.43. The van der Waals surface area contributed by atoms with Gasteiger partial charge in [-0.3, -0.25) is 0 Å². The van der Waals surface area contributed by atoms with Gasteiger partial charge in [0.15, 0.2) is 0 Å². The first-order valence-electron chi connectivity index (χ1n) is 3.65. The van der Waals surface area contributed by atoms with Crippen LogP contribution in [-0.4, -0.2) is 5.97 Å². The summed E-state index contributed by atoms with van der Waals surface area (Å²) in [4.78, 5) is 11.2. The molecule has 62 valence electrons. The first-order valence-corrected chi connectivity index (χ1v) is 4.44. The zero-order valence-electron chi connectivity index (χ0n) is 6.56. The van der Waals surface area contributed by atoms with E-state index in [1.807, 2.05) is 19.1 Å². The fourth-order valence-corrected chi connectivity index (χ4v) is 1.69. The average molecular weight is 227 g/mol. The smallest absolute Gasteiger partial charge is 0.339 e. The van der Waals surface area contributed by atoms with Crippen LogP contribution in [0.2, 0.25) is 0 Å². The van der Waals surface area contributed by atoms with Crippen molar-refractivity contribution in [2.45, 2.75) is 13.5 Å². The van der Waals surface area contributed by atoms with Crippen molar-refractivity contribution in [1.29, 1.82) is 0 Å². The molecule has 0 aliphatic carbocycles. The van der Waals surface area contributed by atoms with Crippen LogP contribution in [0.15, 0.2) is 16.6 Å². The van der Waals surface area contributed by atoms with Gasteiger partial charge >= 0.3 is 5.97 Å². The summed E-state index contributed by atoms with van der Waals surface area (Å²) in [5, 5.41) is 0. The van der Waals surface area contributed by atoms with Gasteiger partial charge in [0.2, 0.25) is 0 Å². The van der Waals surface area contributed by atoms with Crippen molar-refractivity contribution < 1.29 is 9.53 Å². The molecular weight excluding hydrogens is 220 g/mol. The summed E-state index contributed by atoms with van der Waals surface area (Å²) in [6.45, 7) is 2.33. The van der Waals surface area contributed by atoms with Crippen LogP contribution >= 0.6 is 15.9 Å². The molecule has 0 saturated carbocycles. The highest BCUT2D eigenvalue weighted by molar-refractivity contribution is 9.10. The second-order valence-electron chi connectivity index (χ2n) is 2.78. The van der Waals surface area contributed by atoms with E-state index >= 15 is 0 Å². The Kier molecular flexibility index (Phi) is 1.68. The Morgan fingerprint density at radius 3 is 3.00 bits per heavy atom. The minimum absolute atomic E-state index is 0.205. The number of cyclic esters (lactones) is 1. The third-order valence-corrected chi connectivity index (χ3v) is 2.91. The van der Waals surface area contributed by atoms with Gasteiger partial charge in [0.25, 0.3) is 0 Å². The summed E-state index contributed by atoms with van der Waals surface area (Å²) < 4.78 is 5.86. The van der Waals surface area contributed by atoms with E-state index in [0.29, 0.717) is 6.61 Å². The van der Waals surface area contributed by atoms with E-state index in [-0.39, 0.29) is 5.97 Å². The lowest BCUT2D eigenvalue weighted by Gasteiger charge is -2.00. The number of benzene rings is 1. The summed E-state index contributed by atoms with van der Waals surface area (Å²) in [7, 11) is 0. The lowest BCUT2D eigenvalue weighted by molar-refractivity contribution is 0.0534. The number of hydrogen-bond donors (Lipinski definition) is 0. The molecule has 0 bridgehead atoms. The van der Waals surface area contributed by atoms with Crippen LogP contribution in [0.3, 0.4) is 0 Å². The lowest BCUT2D eigenvalue weighted by Crippen LogP contribution is -1.97. The van der Waals surface area contributed by atoms with Gasteiger partial charge in [0.1, 0.15) is 6.61 Å². The number of esters is 1. The molecule has 0 radical (unpaired) electrons. The topological polar surface area (TPSA) is 26.3 Å². The van der Waals surface area contributed by atoms with Crippen molar-refractivity contribution in [3.05, 3.63) is 33.3 Å². The number of ether oxygens (including phenoxy) is 1. The summed E-state index contributed by atoms with van der Waals surface area (Å²) in [5.74, 6) is -0.205. The SMILES string of the molecule is Cc1c(Br)ccc2c1C(=O)OC2. The largest absolute Gasteiger partial charge is 0.457 e. The van der Waals surface area contributed by atoms with E-state index in [4.69, 9.17) is 4.74 Å². The van der Waals surface area contributed by atoms with Crippen molar-refractivity contribution in [1.82, 2.24) is 0 Å². The Morgan fingerprint density at radius 1 is 1.50 bits per heavy atom. The van der Waals surface area contributed by atoms with Crippen LogP contribution in [0, 0.1) is 6.92 Å². The Balaban J connectivity index is 2.71. The number of halogens is 1. The van der Waals surface area contributed by atoms with Crippen LogP contribution in [0.1, 0.15) is 21.5 Å². The van der Waals surface area contributed by atoms with Gasteiger partial charge in [-0.05, 0) is 18.6 Å². The zero-order valence-corrected chi connectivity index (χ0v) is 8.14. The van der Waals surface area contributed by atoms with E-state index in [0.717, 1.165) is 21.2 Å². The highest BCUT2D eigenvalue weighted by atomic mass is 79.9. The summed E-state index contributed by atoms with van der Waals surface area (Å²) in [6.07, 6.45) is 0. The zero-order chi connectivity index (χ0) is 8.72. The van der Waals surface area contributed by atoms with Gasteiger partial charge in [-0.2, -0.15) is 0 Å². The molecule has 1 aromatic rings. The van der Waals surface area contributed by atoms with Gasteiger partial charge in [0, 0.05) is 10.0 Å². The quantitative estimate of drug-likeness (QED) is 0.636. The highest BCUT2D eigenvalue weighted by Gasteiger charge is 2.23. The normalized spacial score (nSPS) is 14.3. The Bertz CT molecular complexity index is 358. The number of carbonyl (C=O) groups is 1. The van der Waals surface area contributed by atoms with Gasteiger partial charge in [-0.15, -0.1) is 0 Å². The summed E-state index contributed by atoms with van der Waals surface area (Å²) >= 11 is 3.37. The Labute approximate surface area is 78.7 Å². The molecule has 1 aromatic carbocycles. The summed E-state index contributed by atoms with van der Waals surface area (Å²) in [6, 6.07) is 3.85. The van der Waals surface area contributed by atoms with E-state index in [2.05, 4.69) is 15.9 Å². The minimum atomic E-state index is -0.205. The molecule has 0 aromatic heterocycles. The Hall–Kier alpha value is -0.830. The molecule has 3 heteroatoms. The number of hydrogen-bond acceptors (Lipinski definition) is 2. The fourth-order valence-electron chi connectivity index (χ4n) is 1.36. The van der Waals surface area contributed by atoms with E-state index in [1.165, 1.54) is 0 Å². The maximum Gasteiger partial charge on any atom is 0.339 e. The maximum absolute atomic E-state index is 11.2. The average Bonchev–Trinajstić information content (AvgIpc) is 2.41. The Morgan fingerprint density at radius 2 is 2.25 bits per heavy atom. The van der Waals surface area contributed by atoms with Crippen molar-refractivity contribution in [3.8, 4) is 0 Å². The molecule has 0 amide bonds. The van der Waals surface area contributed by atoms with Crippen LogP contribution in [0.5, 0.6) is 0 Å². The molecule has 12 heavy (non-hydrogen) atoms. The second kappa shape index (κ2) is 2.59. The van der Waals surface area contributed by atoms with Crippen molar-refractivity contribution in [2.24, 2.45) is 0 Å². The van der Waals surface area contributed by atoms with Crippen LogP contribution < -0.4 is 0 Å². The highest BCUT2D eigenvalue weighted by Crippen LogP contribution is 2.28. The third kappa shape index (κ3) is 0.966. The van der Waals surface area contributed by atoms with E-state index in [9.17, 15) is 4.79 Å². The first kappa shape index (κ1) is 7.80. The number of fused-ring (bicyclic) bond motifs is 1. The first-order chi connectivity index (χ1) is 5.70. The standard InChI is InChI=1S/C9H7BrO2/c1-5-7(10)3-2-6-4-12-9(11)8(5)6/h2-3H,4H2,1H3. The van der Waals surface area contributed by atoms with Gasteiger partial charge in [-0.1, -0.05) is 22.0 Å². The molecule has 0 saturated heterocycles. The minimum Gasteiger partial charge on any atom is -0.457 e. The predicted molar refractivity (Wildman–Crippen MR) is 48.0 cm³/mol. The molecule has 1 heterocycles. The molecule has 0 unspecified atom stereocenters. The maximum atomic E-state index is 11.2. The molecule has 0 spiro atoms. The van der Waals surface area contributed by atoms with Gasteiger partial charge in [0.05, 0.1) is 5.56 Å². The van der Waals surface area contributed by atoms with E-state index in [1.54, 1.807) is 0 Å². The van der Waals surface area contributed by atoms with Gasteiger partial charge < -0.3 is 4.74 Å². The summed E-state index contributed by atoms with van der Waals surface area (Å²) in [5.41, 5.74) is 2.68.